The molecule has 1 saturated heterocycles. The SMILES string of the molecule is CC(=O)O[C@H]1[C@H]2C[C@]3(OC2(C)C)[C@H](C)CC[C@H](OC(C)=O)[C@@]3(COC(=O)c2cccnc2)[C@@H]1OC(=O)c1ccccc1. The van der Waals surface area contributed by atoms with Gasteiger partial charge >= 0.3 is 23.9 Å². The van der Waals surface area contributed by atoms with Crippen LogP contribution < -0.4 is 0 Å². The van der Waals surface area contributed by atoms with Crippen LogP contribution in [0.4, 0.5) is 0 Å². The van der Waals surface area contributed by atoms with Gasteiger partial charge < -0.3 is 23.7 Å². The predicted octanol–water partition coefficient (Wildman–Crippen LogP) is 4.31. The Bertz CT molecular complexity index is 1350. The summed E-state index contributed by atoms with van der Waals surface area (Å²) in [6.45, 7) is 8.15. The number of rotatable bonds is 7. The molecule has 1 aliphatic heterocycles. The molecule has 10 heteroatoms. The summed E-state index contributed by atoms with van der Waals surface area (Å²) in [5.41, 5.74) is -2.76. The summed E-state index contributed by atoms with van der Waals surface area (Å²) in [6.07, 6.45) is 1.37. The minimum Gasteiger partial charge on any atom is -0.462 e. The van der Waals surface area contributed by atoms with Gasteiger partial charge in [0.1, 0.15) is 24.2 Å². The van der Waals surface area contributed by atoms with Crippen molar-refractivity contribution in [2.24, 2.45) is 17.3 Å². The highest BCUT2D eigenvalue weighted by molar-refractivity contribution is 5.90. The van der Waals surface area contributed by atoms with Crippen molar-refractivity contribution in [1.29, 1.82) is 0 Å². The number of nitrogens with zero attached hydrogens (tertiary/aromatic N) is 1. The van der Waals surface area contributed by atoms with Crippen LogP contribution in [0.15, 0.2) is 54.9 Å². The zero-order valence-electron chi connectivity index (χ0n) is 24.5. The van der Waals surface area contributed by atoms with E-state index in [2.05, 4.69) is 4.98 Å². The maximum absolute atomic E-state index is 13.7. The normalized spacial score (nSPS) is 32.6. The fourth-order valence-corrected chi connectivity index (χ4v) is 7.49. The van der Waals surface area contributed by atoms with Crippen molar-refractivity contribution in [3.05, 3.63) is 66.0 Å². The van der Waals surface area contributed by atoms with Gasteiger partial charge in [0.2, 0.25) is 0 Å². The second kappa shape index (κ2) is 11.1. The van der Waals surface area contributed by atoms with E-state index in [-0.39, 0.29) is 24.0 Å². The van der Waals surface area contributed by atoms with Gasteiger partial charge in [0, 0.05) is 32.2 Å². The van der Waals surface area contributed by atoms with E-state index in [1.807, 2.05) is 20.8 Å². The van der Waals surface area contributed by atoms with Crippen LogP contribution in [-0.4, -0.2) is 65.0 Å². The van der Waals surface area contributed by atoms with Gasteiger partial charge in [-0.05, 0) is 63.3 Å². The highest BCUT2D eigenvalue weighted by Gasteiger charge is 2.79. The lowest BCUT2D eigenvalue weighted by Crippen LogP contribution is -2.74. The lowest BCUT2D eigenvalue weighted by atomic mass is 9.49. The average Bonchev–Trinajstić information content (AvgIpc) is 3.22. The van der Waals surface area contributed by atoms with Crippen molar-refractivity contribution in [1.82, 2.24) is 4.98 Å². The molecule has 42 heavy (non-hydrogen) atoms. The first-order valence-electron chi connectivity index (χ1n) is 14.3. The molecule has 0 unspecified atom stereocenters. The predicted molar refractivity (Wildman–Crippen MR) is 148 cm³/mol. The number of carbonyl (C=O) groups is 4. The molecule has 1 aromatic carbocycles. The molecule has 1 spiro atoms. The molecule has 0 radical (unpaired) electrons. The standard InChI is InChI=1S/C32H37NO9/c1-19-13-14-25(39-20(2)34)31(18-38-28(36)23-12-9-15-33-17-23)27(41-29(37)22-10-7-6-8-11-22)26(40-21(3)35)24-16-32(19,31)42-30(24,4)5/h6-12,15,17,19,24-27H,13-14,16,18H2,1-5H3/t19-,24-,25+,26+,27-,31+,32+/m1/s1. The van der Waals surface area contributed by atoms with Crippen LogP contribution in [0.5, 0.6) is 0 Å². The molecule has 7 atom stereocenters. The van der Waals surface area contributed by atoms with E-state index in [1.54, 1.807) is 48.7 Å². The van der Waals surface area contributed by atoms with Gasteiger partial charge in [-0.3, -0.25) is 14.6 Å². The first kappa shape index (κ1) is 29.7. The van der Waals surface area contributed by atoms with Gasteiger partial charge in [-0.15, -0.1) is 0 Å². The Morgan fingerprint density at radius 1 is 0.905 bits per heavy atom. The van der Waals surface area contributed by atoms with Gasteiger partial charge in [-0.1, -0.05) is 25.1 Å². The first-order chi connectivity index (χ1) is 19.9. The van der Waals surface area contributed by atoms with Crippen LogP contribution in [0.3, 0.4) is 0 Å². The summed E-state index contributed by atoms with van der Waals surface area (Å²) in [4.78, 5) is 56.1. The number of fused-ring (bicyclic) bond motifs is 1. The molecule has 2 aliphatic carbocycles. The quantitative estimate of drug-likeness (QED) is 0.346. The fraction of sp³-hybridized carbons (Fsp3) is 0.531. The van der Waals surface area contributed by atoms with E-state index in [1.165, 1.54) is 20.0 Å². The minimum absolute atomic E-state index is 0.109. The molecule has 3 fully saturated rings. The van der Waals surface area contributed by atoms with E-state index >= 15 is 0 Å². The lowest BCUT2D eigenvalue weighted by molar-refractivity contribution is -0.286. The van der Waals surface area contributed by atoms with Crippen LogP contribution in [0.25, 0.3) is 0 Å². The summed E-state index contributed by atoms with van der Waals surface area (Å²) in [5, 5.41) is 0. The molecule has 5 rings (SSSR count). The van der Waals surface area contributed by atoms with Crippen LogP contribution in [-0.2, 0) is 33.3 Å². The van der Waals surface area contributed by atoms with Crippen LogP contribution >= 0.6 is 0 Å². The molecule has 2 saturated carbocycles. The Morgan fingerprint density at radius 3 is 2.24 bits per heavy atom. The van der Waals surface area contributed by atoms with Crippen molar-refractivity contribution in [3.8, 4) is 0 Å². The molecular weight excluding hydrogens is 542 g/mol. The fourth-order valence-electron chi connectivity index (χ4n) is 7.49. The van der Waals surface area contributed by atoms with E-state index in [4.69, 9.17) is 23.7 Å². The number of carbonyl (C=O) groups excluding carboxylic acids is 4. The Balaban J connectivity index is 1.70. The molecule has 0 N–H and O–H groups in total. The Morgan fingerprint density at radius 2 is 1.60 bits per heavy atom. The number of ether oxygens (including phenoxy) is 5. The van der Waals surface area contributed by atoms with E-state index in [0.29, 0.717) is 24.8 Å². The van der Waals surface area contributed by atoms with Crippen molar-refractivity contribution < 1.29 is 42.9 Å². The minimum atomic E-state index is -1.41. The van der Waals surface area contributed by atoms with Gasteiger partial charge in [0.15, 0.2) is 6.10 Å². The maximum Gasteiger partial charge on any atom is 0.339 e. The zero-order valence-corrected chi connectivity index (χ0v) is 24.5. The highest BCUT2D eigenvalue weighted by Crippen LogP contribution is 2.67. The first-order valence-corrected chi connectivity index (χ1v) is 14.3. The van der Waals surface area contributed by atoms with E-state index in [0.717, 1.165) is 0 Å². The number of hydrogen-bond donors (Lipinski definition) is 0. The summed E-state index contributed by atoms with van der Waals surface area (Å²) in [5.74, 6) is -2.88. The van der Waals surface area contributed by atoms with E-state index in [9.17, 15) is 19.2 Å². The maximum atomic E-state index is 13.7. The number of hydrogen-bond acceptors (Lipinski definition) is 10. The number of benzene rings is 1. The molecule has 0 amide bonds. The highest BCUT2D eigenvalue weighted by atomic mass is 16.6. The molecule has 1 aromatic heterocycles. The molecule has 10 nitrogen and oxygen atoms in total. The Kier molecular flexibility index (Phi) is 7.87. The van der Waals surface area contributed by atoms with Crippen LogP contribution in [0.2, 0.25) is 0 Å². The van der Waals surface area contributed by atoms with Crippen LogP contribution in [0, 0.1) is 17.3 Å². The van der Waals surface area contributed by atoms with Crippen molar-refractivity contribution in [2.75, 3.05) is 6.61 Å². The molecule has 2 aromatic rings. The summed E-state index contributed by atoms with van der Waals surface area (Å²) in [7, 11) is 0. The van der Waals surface area contributed by atoms with Crippen molar-refractivity contribution in [2.45, 2.75) is 83.4 Å². The number of esters is 4. The smallest absolute Gasteiger partial charge is 0.339 e. The van der Waals surface area contributed by atoms with Crippen molar-refractivity contribution >= 4 is 23.9 Å². The number of aromatic nitrogens is 1. The molecule has 224 valence electrons. The molecule has 2 heterocycles. The molecular formula is C32H37NO9. The third kappa shape index (κ3) is 4.95. The second-order valence-corrected chi connectivity index (χ2v) is 12.1. The number of pyridine rings is 1. The van der Waals surface area contributed by atoms with Crippen molar-refractivity contribution in [3.63, 3.8) is 0 Å². The summed E-state index contributed by atoms with van der Waals surface area (Å²) < 4.78 is 31.3. The molecule has 3 aliphatic rings. The molecule has 2 bridgehead atoms. The third-order valence-corrected chi connectivity index (χ3v) is 9.28. The third-order valence-electron chi connectivity index (χ3n) is 9.28. The Hall–Kier alpha value is -3.79. The largest absolute Gasteiger partial charge is 0.462 e. The lowest BCUT2D eigenvalue weighted by Gasteiger charge is -2.61. The summed E-state index contributed by atoms with van der Waals surface area (Å²) >= 11 is 0. The van der Waals surface area contributed by atoms with Gasteiger partial charge in [-0.25, -0.2) is 9.59 Å². The van der Waals surface area contributed by atoms with Gasteiger partial charge in [0.05, 0.1) is 22.3 Å². The van der Waals surface area contributed by atoms with Crippen LogP contribution in [0.1, 0.15) is 74.6 Å². The summed E-state index contributed by atoms with van der Waals surface area (Å²) in [6, 6.07) is 11.7. The van der Waals surface area contributed by atoms with Gasteiger partial charge in [-0.2, -0.15) is 0 Å². The monoisotopic (exact) mass is 579 g/mol. The average molecular weight is 580 g/mol. The van der Waals surface area contributed by atoms with Gasteiger partial charge in [0.25, 0.3) is 0 Å². The Labute approximate surface area is 245 Å². The zero-order chi connectivity index (χ0) is 30.3. The second-order valence-electron chi connectivity index (χ2n) is 12.1. The van der Waals surface area contributed by atoms with E-state index < -0.39 is 58.8 Å². The topological polar surface area (TPSA) is 127 Å².